The highest BCUT2D eigenvalue weighted by Gasteiger charge is 2.21. The lowest BCUT2D eigenvalue weighted by atomic mass is 10.0. The van der Waals surface area contributed by atoms with Gasteiger partial charge in [-0.15, -0.1) is 0 Å². The average Bonchev–Trinajstić information content (AvgIpc) is 2.69. The lowest BCUT2D eigenvalue weighted by molar-refractivity contribution is 0.178. The van der Waals surface area contributed by atoms with Crippen LogP contribution in [0.15, 0.2) is 0 Å². The van der Waals surface area contributed by atoms with Gasteiger partial charge in [0.2, 0.25) is 0 Å². The van der Waals surface area contributed by atoms with E-state index in [2.05, 4.69) is 17.3 Å². The first-order valence-corrected chi connectivity index (χ1v) is 6.30. The Kier molecular flexibility index (Phi) is 3.82. The molecule has 0 amide bonds. The van der Waals surface area contributed by atoms with E-state index >= 15 is 0 Å². The minimum atomic E-state index is 0.810. The molecule has 1 saturated carbocycles. The summed E-state index contributed by atoms with van der Waals surface area (Å²) < 4.78 is 0. The second-order valence-electron chi connectivity index (χ2n) is 5.02. The standard InChI is InChI=1S/C12H24N2/c1-14-9-5-4-8-12(14)10-13-11-6-2-3-7-11/h11-13H,2-10H2,1H3. The average molecular weight is 196 g/mol. The zero-order valence-corrected chi connectivity index (χ0v) is 9.47. The molecule has 2 nitrogen and oxygen atoms in total. The predicted octanol–water partition coefficient (Wildman–Crippen LogP) is 2.00. The van der Waals surface area contributed by atoms with Gasteiger partial charge in [-0.25, -0.2) is 0 Å². The Hall–Kier alpha value is -0.0800. The van der Waals surface area contributed by atoms with Crippen LogP contribution in [0.25, 0.3) is 0 Å². The lowest BCUT2D eigenvalue weighted by Gasteiger charge is -2.33. The second-order valence-corrected chi connectivity index (χ2v) is 5.02. The van der Waals surface area contributed by atoms with Crippen LogP contribution < -0.4 is 5.32 Å². The molecule has 0 spiro atoms. The molecule has 0 aromatic rings. The molecule has 82 valence electrons. The Bertz CT molecular complexity index is 164. The first-order chi connectivity index (χ1) is 6.86. The Morgan fingerprint density at radius 3 is 2.50 bits per heavy atom. The Labute approximate surface area is 88.1 Å². The smallest absolute Gasteiger partial charge is 0.0217 e. The number of hydrogen-bond donors (Lipinski definition) is 1. The van der Waals surface area contributed by atoms with E-state index in [0.29, 0.717) is 0 Å². The van der Waals surface area contributed by atoms with Gasteiger partial charge in [0.05, 0.1) is 0 Å². The van der Waals surface area contributed by atoms with Gasteiger partial charge in [0.15, 0.2) is 0 Å². The number of nitrogens with zero attached hydrogens (tertiary/aromatic N) is 1. The van der Waals surface area contributed by atoms with Crippen molar-refractivity contribution in [2.75, 3.05) is 20.1 Å². The highest BCUT2D eigenvalue weighted by molar-refractivity contribution is 4.80. The van der Waals surface area contributed by atoms with Crippen LogP contribution in [-0.2, 0) is 0 Å². The third kappa shape index (κ3) is 2.71. The van der Waals surface area contributed by atoms with E-state index in [-0.39, 0.29) is 0 Å². The number of piperidine rings is 1. The van der Waals surface area contributed by atoms with E-state index in [1.165, 1.54) is 58.0 Å². The number of nitrogens with one attached hydrogen (secondary N) is 1. The highest BCUT2D eigenvalue weighted by atomic mass is 15.2. The van der Waals surface area contributed by atoms with Gasteiger partial charge in [-0.3, -0.25) is 0 Å². The third-order valence-corrected chi connectivity index (χ3v) is 3.92. The summed E-state index contributed by atoms with van der Waals surface area (Å²) in [5.41, 5.74) is 0. The van der Waals surface area contributed by atoms with E-state index < -0.39 is 0 Å². The van der Waals surface area contributed by atoms with Crippen LogP contribution in [0.2, 0.25) is 0 Å². The van der Waals surface area contributed by atoms with Crippen molar-refractivity contribution in [3.8, 4) is 0 Å². The Morgan fingerprint density at radius 1 is 1.07 bits per heavy atom. The molecule has 14 heavy (non-hydrogen) atoms. The first kappa shape index (κ1) is 10.4. The molecule has 0 aromatic carbocycles. The molecular formula is C12H24N2. The molecule has 1 saturated heterocycles. The number of hydrogen-bond acceptors (Lipinski definition) is 2. The molecule has 0 aromatic heterocycles. The van der Waals surface area contributed by atoms with Gasteiger partial charge in [0.1, 0.15) is 0 Å². The zero-order valence-electron chi connectivity index (χ0n) is 9.47. The van der Waals surface area contributed by atoms with E-state index in [0.717, 1.165) is 12.1 Å². The van der Waals surface area contributed by atoms with E-state index in [1.807, 2.05) is 0 Å². The van der Waals surface area contributed by atoms with Crippen LogP contribution in [0.3, 0.4) is 0 Å². The minimum absolute atomic E-state index is 0.810. The molecule has 1 N–H and O–H groups in total. The quantitative estimate of drug-likeness (QED) is 0.743. The molecule has 2 aliphatic rings. The van der Waals surface area contributed by atoms with Crippen LogP contribution in [0.5, 0.6) is 0 Å². The molecule has 1 aliphatic heterocycles. The van der Waals surface area contributed by atoms with Crippen LogP contribution >= 0.6 is 0 Å². The van der Waals surface area contributed by atoms with Gasteiger partial charge in [0, 0.05) is 18.6 Å². The van der Waals surface area contributed by atoms with Crippen molar-refractivity contribution in [1.82, 2.24) is 10.2 Å². The maximum atomic E-state index is 3.74. The summed E-state index contributed by atoms with van der Waals surface area (Å²) in [6.07, 6.45) is 9.94. The maximum Gasteiger partial charge on any atom is 0.0217 e. The van der Waals surface area contributed by atoms with Crippen LogP contribution in [0.1, 0.15) is 44.9 Å². The fourth-order valence-electron chi connectivity index (χ4n) is 2.83. The molecule has 0 radical (unpaired) electrons. The topological polar surface area (TPSA) is 15.3 Å². The summed E-state index contributed by atoms with van der Waals surface area (Å²) in [5.74, 6) is 0. The maximum absolute atomic E-state index is 3.74. The van der Waals surface area contributed by atoms with E-state index in [9.17, 15) is 0 Å². The van der Waals surface area contributed by atoms with Crippen molar-refractivity contribution in [3.63, 3.8) is 0 Å². The van der Waals surface area contributed by atoms with Crippen molar-refractivity contribution < 1.29 is 0 Å². The highest BCUT2D eigenvalue weighted by Crippen LogP contribution is 2.19. The van der Waals surface area contributed by atoms with Crippen LogP contribution in [0.4, 0.5) is 0 Å². The largest absolute Gasteiger partial charge is 0.312 e. The number of likely N-dealkylation sites (tertiary alicyclic amines) is 1. The van der Waals surface area contributed by atoms with Crippen LogP contribution in [0, 0.1) is 0 Å². The predicted molar refractivity (Wildman–Crippen MR) is 60.5 cm³/mol. The minimum Gasteiger partial charge on any atom is -0.312 e. The number of likely N-dealkylation sites (N-methyl/N-ethyl adjacent to an activating group) is 1. The van der Waals surface area contributed by atoms with Crippen molar-refractivity contribution in [3.05, 3.63) is 0 Å². The summed E-state index contributed by atoms with van der Waals surface area (Å²) in [6, 6.07) is 1.65. The molecular weight excluding hydrogens is 172 g/mol. The first-order valence-electron chi connectivity index (χ1n) is 6.30. The van der Waals surface area contributed by atoms with Crippen molar-refractivity contribution in [2.45, 2.75) is 57.0 Å². The molecule has 2 heteroatoms. The van der Waals surface area contributed by atoms with Gasteiger partial charge in [-0.05, 0) is 39.3 Å². The zero-order chi connectivity index (χ0) is 9.80. The summed E-state index contributed by atoms with van der Waals surface area (Å²) in [4.78, 5) is 2.53. The normalized spacial score (nSPS) is 31.1. The summed E-state index contributed by atoms with van der Waals surface area (Å²) in [7, 11) is 2.28. The molecule has 1 unspecified atom stereocenters. The summed E-state index contributed by atoms with van der Waals surface area (Å²) in [6.45, 7) is 2.53. The Morgan fingerprint density at radius 2 is 1.79 bits per heavy atom. The lowest BCUT2D eigenvalue weighted by Crippen LogP contribution is -2.45. The van der Waals surface area contributed by atoms with Crippen molar-refractivity contribution in [2.24, 2.45) is 0 Å². The van der Waals surface area contributed by atoms with E-state index in [1.54, 1.807) is 0 Å². The fraction of sp³-hybridized carbons (Fsp3) is 1.00. The van der Waals surface area contributed by atoms with Gasteiger partial charge < -0.3 is 10.2 Å². The molecule has 1 atom stereocenters. The van der Waals surface area contributed by atoms with Gasteiger partial charge in [-0.2, -0.15) is 0 Å². The molecule has 1 heterocycles. The SMILES string of the molecule is CN1CCCCC1CNC1CCCC1. The second kappa shape index (κ2) is 5.13. The summed E-state index contributed by atoms with van der Waals surface area (Å²) in [5, 5.41) is 3.74. The molecule has 1 aliphatic carbocycles. The van der Waals surface area contributed by atoms with Crippen molar-refractivity contribution in [1.29, 1.82) is 0 Å². The molecule has 2 rings (SSSR count). The van der Waals surface area contributed by atoms with Gasteiger partial charge >= 0.3 is 0 Å². The Balaban J connectivity index is 1.67. The molecule has 0 bridgehead atoms. The molecule has 2 fully saturated rings. The van der Waals surface area contributed by atoms with Gasteiger partial charge in [0.25, 0.3) is 0 Å². The van der Waals surface area contributed by atoms with E-state index in [4.69, 9.17) is 0 Å². The van der Waals surface area contributed by atoms with Gasteiger partial charge in [-0.1, -0.05) is 19.3 Å². The summed E-state index contributed by atoms with van der Waals surface area (Å²) >= 11 is 0. The number of rotatable bonds is 3. The monoisotopic (exact) mass is 196 g/mol. The van der Waals surface area contributed by atoms with Crippen LogP contribution in [-0.4, -0.2) is 37.1 Å². The fourth-order valence-corrected chi connectivity index (χ4v) is 2.83. The third-order valence-electron chi connectivity index (χ3n) is 3.92. The van der Waals surface area contributed by atoms with Crippen molar-refractivity contribution >= 4 is 0 Å².